The van der Waals surface area contributed by atoms with Gasteiger partial charge in [0.1, 0.15) is 5.82 Å². The molecular formula is C16H15FN2. The zero-order valence-electron chi connectivity index (χ0n) is 10.8. The van der Waals surface area contributed by atoms with Gasteiger partial charge in [-0.1, -0.05) is 31.5 Å². The van der Waals surface area contributed by atoms with Gasteiger partial charge in [0.15, 0.2) is 0 Å². The summed E-state index contributed by atoms with van der Waals surface area (Å²) >= 11 is 0. The van der Waals surface area contributed by atoms with Crippen LogP contribution in [0.2, 0.25) is 0 Å². The average molecular weight is 254 g/mol. The molecule has 0 spiro atoms. The molecule has 0 atom stereocenters. The van der Waals surface area contributed by atoms with Gasteiger partial charge in [-0.2, -0.15) is 5.26 Å². The van der Waals surface area contributed by atoms with Gasteiger partial charge < -0.3 is 5.32 Å². The van der Waals surface area contributed by atoms with E-state index in [9.17, 15) is 4.39 Å². The van der Waals surface area contributed by atoms with E-state index >= 15 is 0 Å². The SMILES string of the molecule is CCCc1ccccc1Nc1ccc(C#N)cc1F. The maximum atomic E-state index is 13.8. The molecule has 2 nitrogen and oxygen atoms in total. The summed E-state index contributed by atoms with van der Waals surface area (Å²) in [6.45, 7) is 2.11. The van der Waals surface area contributed by atoms with Gasteiger partial charge in [0, 0.05) is 5.69 Å². The molecule has 0 saturated heterocycles. The Hall–Kier alpha value is -2.34. The number of nitriles is 1. The first-order valence-electron chi connectivity index (χ1n) is 6.29. The first-order valence-corrected chi connectivity index (χ1v) is 6.29. The van der Waals surface area contributed by atoms with Gasteiger partial charge in [-0.15, -0.1) is 0 Å². The van der Waals surface area contributed by atoms with Gasteiger partial charge in [0.05, 0.1) is 17.3 Å². The maximum Gasteiger partial charge on any atom is 0.147 e. The predicted molar refractivity (Wildman–Crippen MR) is 74.8 cm³/mol. The number of benzene rings is 2. The van der Waals surface area contributed by atoms with E-state index in [1.807, 2.05) is 30.3 Å². The van der Waals surface area contributed by atoms with Crippen LogP contribution in [-0.2, 0) is 6.42 Å². The van der Waals surface area contributed by atoms with Crippen LogP contribution in [0, 0.1) is 17.1 Å². The minimum atomic E-state index is -0.412. The topological polar surface area (TPSA) is 35.8 Å². The number of halogens is 1. The smallest absolute Gasteiger partial charge is 0.147 e. The Morgan fingerprint density at radius 3 is 2.63 bits per heavy atom. The first-order chi connectivity index (χ1) is 9.24. The van der Waals surface area contributed by atoms with Crippen LogP contribution in [0.15, 0.2) is 42.5 Å². The van der Waals surface area contributed by atoms with Crippen LogP contribution in [0.4, 0.5) is 15.8 Å². The van der Waals surface area contributed by atoms with Crippen molar-refractivity contribution in [1.82, 2.24) is 0 Å². The summed E-state index contributed by atoms with van der Waals surface area (Å²) in [5.74, 6) is -0.412. The highest BCUT2D eigenvalue weighted by Crippen LogP contribution is 2.24. The van der Waals surface area contributed by atoms with Crippen LogP contribution in [-0.4, -0.2) is 0 Å². The molecule has 0 aromatic heterocycles. The summed E-state index contributed by atoms with van der Waals surface area (Å²) in [5.41, 5.74) is 2.79. The lowest BCUT2D eigenvalue weighted by atomic mass is 10.1. The van der Waals surface area contributed by atoms with E-state index < -0.39 is 5.82 Å². The van der Waals surface area contributed by atoms with E-state index in [2.05, 4.69) is 12.2 Å². The minimum absolute atomic E-state index is 0.324. The van der Waals surface area contributed by atoms with Crippen LogP contribution in [0.25, 0.3) is 0 Å². The lowest BCUT2D eigenvalue weighted by Gasteiger charge is -2.12. The van der Waals surface area contributed by atoms with E-state index in [-0.39, 0.29) is 0 Å². The third-order valence-corrected chi connectivity index (χ3v) is 2.90. The Kier molecular flexibility index (Phi) is 4.15. The zero-order chi connectivity index (χ0) is 13.7. The molecule has 3 heteroatoms. The molecule has 0 saturated carbocycles. The van der Waals surface area contributed by atoms with Crippen molar-refractivity contribution in [2.75, 3.05) is 5.32 Å². The van der Waals surface area contributed by atoms with Crippen molar-refractivity contribution in [2.45, 2.75) is 19.8 Å². The van der Waals surface area contributed by atoms with Crippen molar-refractivity contribution < 1.29 is 4.39 Å². The standard InChI is InChI=1S/C16H15FN2/c1-2-5-13-6-3-4-7-15(13)19-16-9-8-12(11-18)10-14(16)17/h3-4,6-10,19H,2,5H2,1H3. The highest BCUT2D eigenvalue weighted by Gasteiger charge is 2.06. The summed E-state index contributed by atoms with van der Waals surface area (Å²) in [6.07, 6.45) is 1.98. The van der Waals surface area contributed by atoms with Crippen molar-refractivity contribution in [3.8, 4) is 6.07 Å². The highest BCUT2D eigenvalue weighted by atomic mass is 19.1. The molecule has 0 bridgehead atoms. The van der Waals surface area contributed by atoms with Gasteiger partial charge in [0.2, 0.25) is 0 Å². The second-order valence-electron chi connectivity index (χ2n) is 4.34. The summed E-state index contributed by atoms with van der Waals surface area (Å²) in [7, 11) is 0. The molecule has 0 aliphatic rings. The number of aryl methyl sites for hydroxylation is 1. The second kappa shape index (κ2) is 6.01. The summed E-state index contributed by atoms with van der Waals surface area (Å²) in [4.78, 5) is 0. The first kappa shape index (κ1) is 13.1. The fraction of sp³-hybridized carbons (Fsp3) is 0.188. The molecule has 2 rings (SSSR count). The lowest BCUT2D eigenvalue weighted by molar-refractivity contribution is 0.631. The molecule has 0 unspecified atom stereocenters. The van der Waals surface area contributed by atoms with Crippen molar-refractivity contribution in [3.63, 3.8) is 0 Å². The molecule has 96 valence electrons. The molecule has 19 heavy (non-hydrogen) atoms. The van der Waals surface area contributed by atoms with Gasteiger partial charge in [0.25, 0.3) is 0 Å². The number of hydrogen-bond acceptors (Lipinski definition) is 2. The van der Waals surface area contributed by atoms with E-state index in [4.69, 9.17) is 5.26 Å². The number of hydrogen-bond donors (Lipinski definition) is 1. The fourth-order valence-electron chi connectivity index (χ4n) is 1.96. The lowest BCUT2D eigenvalue weighted by Crippen LogP contribution is -1.98. The normalized spacial score (nSPS) is 9.95. The maximum absolute atomic E-state index is 13.8. The fourth-order valence-corrected chi connectivity index (χ4v) is 1.96. The Bertz CT molecular complexity index is 614. The van der Waals surface area contributed by atoms with Crippen molar-refractivity contribution in [1.29, 1.82) is 5.26 Å². The Balaban J connectivity index is 2.29. The molecule has 2 aromatic carbocycles. The van der Waals surface area contributed by atoms with Crippen molar-refractivity contribution in [2.24, 2.45) is 0 Å². The van der Waals surface area contributed by atoms with Crippen molar-refractivity contribution >= 4 is 11.4 Å². The van der Waals surface area contributed by atoms with E-state index in [1.54, 1.807) is 12.1 Å². The Labute approximate surface area is 112 Å². The minimum Gasteiger partial charge on any atom is -0.353 e. The highest BCUT2D eigenvalue weighted by molar-refractivity contribution is 5.64. The summed E-state index contributed by atoms with van der Waals surface area (Å²) in [5, 5.41) is 11.8. The van der Waals surface area contributed by atoms with Crippen LogP contribution in [0.5, 0.6) is 0 Å². The number of rotatable bonds is 4. The monoisotopic (exact) mass is 254 g/mol. The van der Waals surface area contributed by atoms with Crippen LogP contribution < -0.4 is 5.32 Å². The van der Waals surface area contributed by atoms with Crippen molar-refractivity contribution in [3.05, 3.63) is 59.4 Å². The molecule has 0 amide bonds. The molecule has 0 radical (unpaired) electrons. The molecule has 0 aliphatic heterocycles. The largest absolute Gasteiger partial charge is 0.353 e. The molecule has 0 fully saturated rings. The molecule has 0 heterocycles. The molecule has 2 aromatic rings. The predicted octanol–water partition coefficient (Wildman–Crippen LogP) is 4.39. The van der Waals surface area contributed by atoms with E-state index in [0.29, 0.717) is 11.3 Å². The third-order valence-electron chi connectivity index (χ3n) is 2.90. The summed E-state index contributed by atoms with van der Waals surface area (Å²) < 4.78 is 13.8. The van der Waals surface area contributed by atoms with E-state index in [1.165, 1.54) is 6.07 Å². The van der Waals surface area contributed by atoms with Gasteiger partial charge in [-0.3, -0.25) is 0 Å². The number of para-hydroxylation sites is 1. The quantitative estimate of drug-likeness (QED) is 0.878. The summed E-state index contributed by atoms with van der Waals surface area (Å²) in [6, 6.07) is 14.2. The Morgan fingerprint density at radius 1 is 1.16 bits per heavy atom. The number of nitrogens with one attached hydrogen (secondary N) is 1. The van der Waals surface area contributed by atoms with E-state index in [0.717, 1.165) is 24.1 Å². The van der Waals surface area contributed by atoms with Crippen LogP contribution >= 0.6 is 0 Å². The zero-order valence-corrected chi connectivity index (χ0v) is 10.8. The third kappa shape index (κ3) is 3.11. The number of anilines is 2. The Morgan fingerprint density at radius 2 is 1.95 bits per heavy atom. The van der Waals surface area contributed by atoms with Gasteiger partial charge in [-0.25, -0.2) is 4.39 Å². The van der Waals surface area contributed by atoms with Crippen LogP contribution in [0.1, 0.15) is 24.5 Å². The van der Waals surface area contributed by atoms with Gasteiger partial charge in [-0.05, 0) is 36.2 Å². The second-order valence-corrected chi connectivity index (χ2v) is 4.34. The van der Waals surface area contributed by atoms with Gasteiger partial charge >= 0.3 is 0 Å². The van der Waals surface area contributed by atoms with Crippen LogP contribution in [0.3, 0.4) is 0 Å². The number of nitrogens with zero attached hydrogens (tertiary/aromatic N) is 1. The molecule has 0 aliphatic carbocycles. The average Bonchev–Trinajstić information content (AvgIpc) is 2.43. The molecule has 1 N–H and O–H groups in total. The molecular weight excluding hydrogens is 239 g/mol.